The number of carbonyl (C=O) groups is 3. The molecule has 31 heavy (non-hydrogen) atoms. The zero-order valence-electron chi connectivity index (χ0n) is 19.9. The summed E-state index contributed by atoms with van der Waals surface area (Å²) in [5, 5.41) is 11.5. The Morgan fingerprint density at radius 2 is 1.81 bits per heavy atom. The molecule has 0 amide bonds. The van der Waals surface area contributed by atoms with Crippen molar-refractivity contribution in [1.29, 1.82) is 0 Å². The first-order valence-electron chi connectivity index (χ1n) is 11.2. The van der Waals surface area contributed by atoms with Crippen molar-refractivity contribution in [3.8, 4) is 0 Å². The van der Waals surface area contributed by atoms with Gasteiger partial charge in [0.25, 0.3) is 0 Å². The Hall–Kier alpha value is -1.95. The van der Waals surface area contributed by atoms with Crippen LogP contribution in [0.4, 0.5) is 0 Å². The molecule has 3 aliphatic rings. The lowest BCUT2D eigenvalue weighted by Gasteiger charge is -2.65. The maximum atomic E-state index is 13.1. The SMILES string of the molecule is C/C=C(/C)C(=O)O[C@@H]1[C@@H](OC(=O)CC(C)C)[C@@H](O)C(C)(C)[C@@H]2[C@H]3C(=O)C=C(C)[C@@H]2[C@@]13C. The van der Waals surface area contributed by atoms with Crippen molar-refractivity contribution in [1.82, 2.24) is 0 Å². The van der Waals surface area contributed by atoms with E-state index in [1.807, 2.05) is 41.5 Å². The highest BCUT2D eigenvalue weighted by Crippen LogP contribution is 2.72. The lowest BCUT2D eigenvalue weighted by atomic mass is 9.37. The van der Waals surface area contributed by atoms with Gasteiger partial charge in [0.2, 0.25) is 0 Å². The predicted octanol–water partition coefficient (Wildman–Crippen LogP) is 3.62. The number of rotatable bonds is 5. The number of carbonyl (C=O) groups excluding carboxylic acids is 3. The van der Waals surface area contributed by atoms with E-state index in [1.165, 1.54) is 0 Å². The summed E-state index contributed by atoms with van der Waals surface area (Å²) in [5.74, 6) is -1.44. The van der Waals surface area contributed by atoms with Crippen molar-refractivity contribution in [3.05, 3.63) is 23.3 Å². The Bertz CT molecular complexity index is 850. The van der Waals surface area contributed by atoms with Crippen molar-refractivity contribution in [2.45, 2.75) is 80.1 Å². The molecule has 0 aromatic carbocycles. The van der Waals surface area contributed by atoms with E-state index < -0.39 is 47.0 Å². The molecule has 6 heteroatoms. The van der Waals surface area contributed by atoms with Gasteiger partial charge in [-0.1, -0.05) is 46.3 Å². The van der Waals surface area contributed by atoms with Crippen molar-refractivity contribution in [2.75, 3.05) is 0 Å². The molecule has 0 radical (unpaired) electrons. The molecule has 2 saturated carbocycles. The lowest BCUT2D eigenvalue weighted by Crippen LogP contribution is -2.68. The molecule has 0 unspecified atom stereocenters. The third-order valence-electron chi connectivity index (χ3n) is 7.90. The van der Waals surface area contributed by atoms with Crippen LogP contribution in [0.2, 0.25) is 0 Å². The van der Waals surface area contributed by atoms with Gasteiger partial charge in [-0.3, -0.25) is 9.59 Å². The van der Waals surface area contributed by atoms with Crippen LogP contribution < -0.4 is 0 Å². The number of ketones is 1. The van der Waals surface area contributed by atoms with Gasteiger partial charge < -0.3 is 14.6 Å². The molecule has 6 nitrogen and oxygen atoms in total. The highest BCUT2D eigenvalue weighted by atomic mass is 16.6. The Morgan fingerprint density at radius 1 is 1.19 bits per heavy atom. The van der Waals surface area contributed by atoms with E-state index in [2.05, 4.69) is 0 Å². The van der Waals surface area contributed by atoms with Gasteiger partial charge in [-0.05, 0) is 50.0 Å². The molecular weight excluding hydrogens is 396 g/mol. The van der Waals surface area contributed by atoms with E-state index >= 15 is 0 Å². The van der Waals surface area contributed by atoms with E-state index in [9.17, 15) is 19.5 Å². The highest BCUT2D eigenvalue weighted by molar-refractivity contribution is 5.97. The zero-order valence-corrected chi connectivity index (χ0v) is 19.9. The maximum absolute atomic E-state index is 13.1. The molecule has 0 aromatic heterocycles. The minimum atomic E-state index is -1.08. The standard InChI is InChI=1S/C25H36O6/c1-9-13(4)23(29)31-22-20(30-16(27)10-12(2)3)21(28)24(6,7)19-17-14(5)11-15(26)18(19)25(17,22)8/h9,11-12,17-22,28H,10H2,1-8H3/b13-9-/t17-,18+,19-,20-,21+,22+,25+/m0/s1. The van der Waals surface area contributed by atoms with Gasteiger partial charge in [-0.2, -0.15) is 0 Å². The molecule has 3 aliphatic carbocycles. The molecule has 0 spiro atoms. The summed E-state index contributed by atoms with van der Waals surface area (Å²) in [5.41, 5.74) is -0.104. The number of hydrogen-bond acceptors (Lipinski definition) is 6. The van der Waals surface area contributed by atoms with Crippen LogP contribution in [0.25, 0.3) is 0 Å². The maximum Gasteiger partial charge on any atom is 0.333 e. The van der Waals surface area contributed by atoms with E-state index in [4.69, 9.17) is 9.47 Å². The van der Waals surface area contributed by atoms with Gasteiger partial charge in [-0.25, -0.2) is 4.79 Å². The molecule has 7 atom stereocenters. The molecule has 0 aliphatic heterocycles. The quantitative estimate of drug-likeness (QED) is 0.527. The van der Waals surface area contributed by atoms with Crippen LogP contribution in [-0.2, 0) is 23.9 Å². The van der Waals surface area contributed by atoms with E-state index in [0.29, 0.717) is 5.57 Å². The monoisotopic (exact) mass is 432 g/mol. The summed E-state index contributed by atoms with van der Waals surface area (Å²) in [6, 6.07) is 0. The average Bonchev–Trinajstić information content (AvgIpc) is 2.73. The largest absolute Gasteiger partial charge is 0.456 e. The van der Waals surface area contributed by atoms with Crippen LogP contribution in [0.5, 0.6) is 0 Å². The van der Waals surface area contributed by atoms with Crippen molar-refractivity contribution in [3.63, 3.8) is 0 Å². The molecular formula is C25H36O6. The topological polar surface area (TPSA) is 89.9 Å². The number of hydrogen-bond donors (Lipinski definition) is 1. The van der Waals surface area contributed by atoms with Crippen LogP contribution in [0.3, 0.4) is 0 Å². The number of ether oxygens (including phenoxy) is 2. The van der Waals surface area contributed by atoms with Crippen LogP contribution in [0.1, 0.15) is 61.8 Å². The van der Waals surface area contributed by atoms with Crippen LogP contribution in [0, 0.1) is 34.5 Å². The second kappa shape index (κ2) is 7.88. The van der Waals surface area contributed by atoms with E-state index in [0.717, 1.165) is 5.57 Å². The number of aliphatic hydroxyl groups excluding tert-OH is 1. The van der Waals surface area contributed by atoms with Crippen molar-refractivity contribution >= 4 is 17.7 Å². The normalized spacial score (nSPS) is 38.7. The van der Waals surface area contributed by atoms with E-state index in [-0.39, 0.29) is 30.0 Å². The van der Waals surface area contributed by atoms with Crippen molar-refractivity contribution in [2.24, 2.45) is 34.5 Å². The number of allylic oxidation sites excluding steroid dienone is 3. The molecule has 0 saturated heterocycles. The highest BCUT2D eigenvalue weighted by Gasteiger charge is 2.76. The fourth-order valence-corrected chi connectivity index (χ4v) is 6.24. The molecule has 1 N–H and O–H groups in total. The smallest absolute Gasteiger partial charge is 0.333 e. The third kappa shape index (κ3) is 3.47. The minimum absolute atomic E-state index is 0.00858. The van der Waals surface area contributed by atoms with Crippen molar-refractivity contribution < 1.29 is 29.0 Å². The molecule has 2 fully saturated rings. The summed E-state index contributed by atoms with van der Waals surface area (Å²) in [6.45, 7) is 14.9. The first-order chi connectivity index (χ1) is 14.3. The molecule has 0 heterocycles. The summed E-state index contributed by atoms with van der Waals surface area (Å²) in [6.07, 6.45) is 0.478. The Kier molecular flexibility index (Phi) is 6.02. The molecule has 172 valence electrons. The Balaban J connectivity index is 2.12. The van der Waals surface area contributed by atoms with Gasteiger partial charge in [0.05, 0.1) is 0 Å². The van der Waals surface area contributed by atoms with Crippen LogP contribution >= 0.6 is 0 Å². The molecule has 4 bridgehead atoms. The summed E-state index contributed by atoms with van der Waals surface area (Å²) >= 11 is 0. The number of esters is 2. The average molecular weight is 433 g/mol. The number of fused-ring (bicyclic) bond motifs is 1. The zero-order chi connectivity index (χ0) is 23.5. The Morgan fingerprint density at radius 3 is 2.32 bits per heavy atom. The molecule has 0 aromatic rings. The van der Waals surface area contributed by atoms with Gasteiger partial charge in [0, 0.05) is 23.3 Å². The predicted molar refractivity (Wildman–Crippen MR) is 116 cm³/mol. The van der Waals surface area contributed by atoms with Gasteiger partial charge in [-0.15, -0.1) is 0 Å². The van der Waals surface area contributed by atoms with Gasteiger partial charge in [0.1, 0.15) is 12.2 Å². The van der Waals surface area contributed by atoms with Crippen LogP contribution in [0.15, 0.2) is 23.3 Å². The number of aliphatic hydroxyl groups is 1. The fourth-order valence-electron chi connectivity index (χ4n) is 6.24. The van der Waals surface area contributed by atoms with Crippen LogP contribution in [-0.4, -0.2) is 41.1 Å². The first-order valence-corrected chi connectivity index (χ1v) is 11.2. The second-order valence-electron chi connectivity index (χ2n) is 10.8. The van der Waals surface area contributed by atoms with E-state index in [1.54, 1.807) is 26.0 Å². The lowest BCUT2D eigenvalue weighted by molar-refractivity contribution is -0.213. The molecule has 3 rings (SSSR count). The minimum Gasteiger partial charge on any atom is -0.456 e. The van der Waals surface area contributed by atoms with Gasteiger partial charge in [0.15, 0.2) is 11.9 Å². The summed E-state index contributed by atoms with van der Waals surface area (Å²) in [7, 11) is 0. The van der Waals surface area contributed by atoms with Gasteiger partial charge >= 0.3 is 11.9 Å². The fraction of sp³-hybridized carbons (Fsp3) is 0.720. The third-order valence-corrected chi connectivity index (χ3v) is 7.90. The summed E-state index contributed by atoms with van der Waals surface area (Å²) in [4.78, 5) is 38.5. The Labute approximate surface area is 185 Å². The first kappa shape index (κ1) is 23.7. The second-order valence-corrected chi connectivity index (χ2v) is 10.8. The summed E-state index contributed by atoms with van der Waals surface area (Å²) < 4.78 is 11.8.